The van der Waals surface area contributed by atoms with Crippen molar-refractivity contribution in [1.29, 1.82) is 0 Å². The van der Waals surface area contributed by atoms with Crippen molar-refractivity contribution in [1.82, 2.24) is 9.55 Å². The summed E-state index contributed by atoms with van der Waals surface area (Å²) in [5.41, 5.74) is 4.15. The van der Waals surface area contributed by atoms with E-state index in [-0.39, 0.29) is 5.69 Å². The molecule has 0 amide bonds. The number of para-hydroxylation sites is 1. The number of rotatable bonds is 3. The van der Waals surface area contributed by atoms with Crippen molar-refractivity contribution in [3.63, 3.8) is 0 Å². The van der Waals surface area contributed by atoms with E-state index in [4.69, 9.17) is 0 Å². The Hall–Kier alpha value is -2.62. The third-order valence-corrected chi connectivity index (χ3v) is 5.46. The molecule has 3 aromatic rings. The van der Waals surface area contributed by atoms with Crippen molar-refractivity contribution in [2.75, 3.05) is 18.0 Å². The molecule has 2 heterocycles. The van der Waals surface area contributed by atoms with Crippen molar-refractivity contribution in [3.05, 3.63) is 64.1 Å². The first-order valence-corrected chi connectivity index (χ1v) is 9.10. The molecule has 0 radical (unpaired) electrons. The molecular weight excluding hydrogens is 310 g/mol. The molecule has 1 aliphatic carbocycles. The highest BCUT2D eigenvalue weighted by Gasteiger charge is 2.26. The molecule has 2 aromatic carbocycles. The predicted molar refractivity (Wildman–Crippen MR) is 101 cm³/mol. The number of fused-ring (bicyclic) bond motifs is 1. The van der Waals surface area contributed by atoms with Crippen LogP contribution in [0.1, 0.15) is 36.3 Å². The minimum absolute atomic E-state index is 0.184. The van der Waals surface area contributed by atoms with Gasteiger partial charge in [-0.15, -0.1) is 0 Å². The Morgan fingerprint density at radius 2 is 1.88 bits per heavy atom. The van der Waals surface area contributed by atoms with Gasteiger partial charge in [-0.3, -0.25) is 4.57 Å². The van der Waals surface area contributed by atoms with Gasteiger partial charge < -0.3 is 4.90 Å². The van der Waals surface area contributed by atoms with Gasteiger partial charge in [-0.2, -0.15) is 4.98 Å². The lowest BCUT2D eigenvalue weighted by atomic mass is 10.1. The van der Waals surface area contributed by atoms with E-state index in [2.05, 4.69) is 28.1 Å². The average Bonchev–Trinajstić information content (AvgIpc) is 3.39. The fraction of sp³-hybridized carbons (Fsp3) is 0.333. The number of benzene rings is 2. The Balaban J connectivity index is 1.83. The highest BCUT2D eigenvalue weighted by molar-refractivity contribution is 5.91. The maximum atomic E-state index is 13.0. The monoisotopic (exact) mass is 331 g/mol. The molecule has 126 valence electrons. The van der Waals surface area contributed by atoms with Crippen LogP contribution in [0.4, 0.5) is 5.82 Å². The molecule has 5 rings (SSSR count). The van der Waals surface area contributed by atoms with E-state index in [0.29, 0.717) is 5.92 Å². The van der Waals surface area contributed by atoms with Gasteiger partial charge in [0.05, 0.1) is 11.2 Å². The highest BCUT2D eigenvalue weighted by Crippen LogP contribution is 2.41. The molecule has 1 saturated heterocycles. The first kappa shape index (κ1) is 14.7. The molecule has 25 heavy (non-hydrogen) atoms. The summed E-state index contributed by atoms with van der Waals surface area (Å²) in [6, 6.07) is 14.6. The Kier molecular flexibility index (Phi) is 3.20. The van der Waals surface area contributed by atoms with Crippen LogP contribution in [0.15, 0.2) is 47.3 Å². The van der Waals surface area contributed by atoms with Gasteiger partial charge in [-0.05, 0) is 61.4 Å². The molecule has 0 N–H and O–H groups in total. The Morgan fingerprint density at radius 3 is 2.56 bits per heavy atom. The second kappa shape index (κ2) is 5.45. The number of anilines is 1. The molecule has 0 spiro atoms. The summed E-state index contributed by atoms with van der Waals surface area (Å²) in [5, 5.41) is 1.08. The number of hydrogen-bond acceptors (Lipinski definition) is 3. The van der Waals surface area contributed by atoms with Gasteiger partial charge in [0.25, 0.3) is 0 Å². The van der Waals surface area contributed by atoms with E-state index >= 15 is 0 Å². The zero-order chi connectivity index (χ0) is 17.0. The van der Waals surface area contributed by atoms with Crippen molar-refractivity contribution < 1.29 is 0 Å². The summed E-state index contributed by atoms with van der Waals surface area (Å²) in [6.45, 7) is 4.02. The highest BCUT2D eigenvalue weighted by atomic mass is 16.1. The second-order valence-electron chi connectivity index (χ2n) is 7.23. The molecule has 1 saturated carbocycles. The first-order valence-electron chi connectivity index (χ1n) is 9.10. The minimum atomic E-state index is -0.184. The zero-order valence-electron chi connectivity index (χ0n) is 14.4. The van der Waals surface area contributed by atoms with Gasteiger partial charge in [0.15, 0.2) is 0 Å². The Labute approximate surface area is 146 Å². The predicted octanol–water partition coefficient (Wildman–Crippen LogP) is 3.78. The fourth-order valence-electron chi connectivity index (χ4n) is 3.71. The summed E-state index contributed by atoms with van der Waals surface area (Å²) in [4.78, 5) is 19.6. The summed E-state index contributed by atoms with van der Waals surface area (Å²) in [6.07, 6.45) is 3.68. The molecule has 4 heteroatoms. The quantitative estimate of drug-likeness (QED) is 0.733. The maximum absolute atomic E-state index is 13.0. The molecule has 2 aliphatic rings. The third-order valence-electron chi connectivity index (χ3n) is 5.46. The van der Waals surface area contributed by atoms with Crippen LogP contribution >= 0.6 is 0 Å². The fourth-order valence-corrected chi connectivity index (χ4v) is 3.71. The molecule has 0 bridgehead atoms. The summed E-state index contributed by atoms with van der Waals surface area (Å²) < 4.78 is 1.79. The number of aromatic nitrogens is 2. The largest absolute Gasteiger partial charge is 0.356 e. The first-order chi connectivity index (χ1) is 12.2. The standard InChI is InChI=1S/C21H21N3O/c1-14-5-2-3-6-18(14)24-19-13-16(15-7-8-15)9-10-17(19)20(22-21(24)25)23-11-4-12-23/h2-3,5-6,9-10,13,15H,4,7-8,11-12H2,1H3. The van der Waals surface area contributed by atoms with Gasteiger partial charge in [-0.25, -0.2) is 4.79 Å². The van der Waals surface area contributed by atoms with Crippen molar-refractivity contribution in [2.45, 2.75) is 32.1 Å². The van der Waals surface area contributed by atoms with Gasteiger partial charge in [-0.1, -0.05) is 24.3 Å². The van der Waals surface area contributed by atoms with Gasteiger partial charge >= 0.3 is 5.69 Å². The lowest BCUT2D eigenvalue weighted by Crippen LogP contribution is -2.39. The molecule has 4 nitrogen and oxygen atoms in total. The van der Waals surface area contributed by atoms with E-state index in [1.54, 1.807) is 4.57 Å². The normalized spacial score (nSPS) is 16.9. The zero-order valence-corrected chi connectivity index (χ0v) is 14.4. The minimum Gasteiger partial charge on any atom is -0.356 e. The molecule has 1 aliphatic heterocycles. The van der Waals surface area contributed by atoms with E-state index < -0.39 is 0 Å². The lowest BCUT2D eigenvalue weighted by molar-refractivity contribution is 0.609. The maximum Gasteiger partial charge on any atom is 0.354 e. The van der Waals surface area contributed by atoms with Crippen LogP contribution in [0.25, 0.3) is 16.6 Å². The topological polar surface area (TPSA) is 38.1 Å². The van der Waals surface area contributed by atoms with Crippen LogP contribution in [0.3, 0.4) is 0 Å². The van der Waals surface area contributed by atoms with Crippen LogP contribution in [0.2, 0.25) is 0 Å². The van der Waals surface area contributed by atoms with Crippen LogP contribution in [0, 0.1) is 6.92 Å². The average molecular weight is 331 g/mol. The SMILES string of the molecule is Cc1ccccc1-n1c(=O)nc(N2CCC2)c2ccc(C3CC3)cc21. The summed E-state index contributed by atoms with van der Waals surface area (Å²) in [7, 11) is 0. The number of aryl methyl sites for hydroxylation is 1. The van der Waals surface area contributed by atoms with Gasteiger partial charge in [0.1, 0.15) is 5.82 Å². The van der Waals surface area contributed by atoms with Crippen LogP contribution in [-0.4, -0.2) is 22.6 Å². The number of nitrogens with zero attached hydrogens (tertiary/aromatic N) is 3. The third kappa shape index (κ3) is 2.36. The van der Waals surface area contributed by atoms with Crippen LogP contribution < -0.4 is 10.6 Å². The van der Waals surface area contributed by atoms with Crippen LogP contribution in [-0.2, 0) is 0 Å². The summed E-state index contributed by atoms with van der Waals surface area (Å²) >= 11 is 0. The summed E-state index contributed by atoms with van der Waals surface area (Å²) in [5.74, 6) is 1.50. The van der Waals surface area contributed by atoms with E-state index in [9.17, 15) is 4.79 Å². The van der Waals surface area contributed by atoms with Crippen LogP contribution in [0.5, 0.6) is 0 Å². The molecular formula is C21H21N3O. The number of hydrogen-bond donors (Lipinski definition) is 0. The van der Waals surface area contributed by atoms with Gasteiger partial charge in [0.2, 0.25) is 0 Å². The van der Waals surface area contributed by atoms with Crippen molar-refractivity contribution >= 4 is 16.7 Å². The Morgan fingerprint density at radius 1 is 1.08 bits per heavy atom. The lowest BCUT2D eigenvalue weighted by Gasteiger charge is -2.33. The smallest absolute Gasteiger partial charge is 0.354 e. The Bertz CT molecular complexity index is 1030. The van der Waals surface area contributed by atoms with Crippen molar-refractivity contribution in [3.8, 4) is 5.69 Å². The molecule has 2 fully saturated rings. The molecule has 1 aromatic heterocycles. The van der Waals surface area contributed by atoms with E-state index in [1.165, 1.54) is 24.8 Å². The molecule has 0 atom stereocenters. The van der Waals surface area contributed by atoms with Crippen molar-refractivity contribution in [2.24, 2.45) is 0 Å². The van der Waals surface area contributed by atoms with E-state index in [1.807, 2.05) is 31.2 Å². The second-order valence-corrected chi connectivity index (χ2v) is 7.23. The molecule has 0 unspecified atom stereocenters. The van der Waals surface area contributed by atoms with E-state index in [0.717, 1.165) is 41.1 Å². The van der Waals surface area contributed by atoms with Gasteiger partial charge in [0, 0.05) is 18.5 Å².